The number of anilines is 1. The van der Waals surface area contributed by atoms with Gasteiger partial charge in [-0.3, -0.25) is 4.90 Å². The van der Waals surface area contributed by atoms with Gasteiger partial charge >= 0.3 is 5.97 Å². The zero-order chi connectivity index (χ0) is 14.1. The summed E-state index contributed by atoms with van der Waals surface area (Å²) < 4.78 is 0. The van der Waals surface area contributed by atoms with E-state index in [0.29, 0.717) is 11.9 Å². The van der Waals surface area contributed by atoms with Crippen molar-refractivity contribution >= 4 is 11.8 Å². The average molecular weight is 276 g/mol. The first-order chi connectivity index (χ1) is 9.66. The number of piperidine rings is 1. The maximum Gasteiger partial charge on any atom is 0.339 e. The number of carboxylic acid groups (broad SMARTS) is 1. The van der Waals surface area contributed by atoms with E-state index in [1.807, 2.05) is 0 Å². The van der Waals surface area contributed by atoms with Crippen molar-refractivity contribution in [1.82, 2.24) is 15.1 Å². The molecular weight excluding hydrogens is 256 g/mol. The summed E-state index contributed by atoms with van der Waals surface area (Å²) in [5.41, 5.74) is 0.246. The normalized spacial score (nSPS) is 27.1. The Bertz CT molecular complexity index is 508. The van der Waals surface area contributed by atoms with Crippen LogP contribution in [0.15, 0.2) is 12.3 Å². The Hall–Kier alpha value is -1.69. The van der Waals surface area contributed by atoms with Gasteiger partial charge < -0.3 is 10.0 Å². The predicted octanol–water partition coefficient (Wildman–Crippen LogP) is 1.24. The van der Waals surface area contributed by atoms with Crippen LogP contribution in [0.3, 0.4) is 0 Å². The standard InChI is InChI=1S/C14H20N4O2/c1-10-8-17-7-3-2-4-11(17)9-18(10)13-12(14(19)20)5-6-15-16-13/h5-6,10-11H,2-4,7-9H2,1H3,(H,19,20). The van der Waals surface area contributed by atoms with E-state index in [4.69, 9.17) is 0 Å². The summed E-state index contributed by atoms with van der Waals surface area (Å²) in [6.45, 7) is 5.11. The maximum atomic E-state index is 11.3. The van der Waals surface area contributed by atoms with Crippen LogP contribution in [0.1, 0.15) is 36.5 Å². The van der Waals surface area contributed by atoms with Crippen molar-refractivity contribution < 1.29 is 9.90 Å². The van der Waals surface area contributed by atoms with E-state index in [1.165, 1.54) is 31.5 Å². The fourth-order valence-electron chi connectivity index (χ4n) is 3.35. The number of aromatic carboxylic acids is 1. The molecule has 2 fully saturated rings. The Labute approximate surface area is 118 Å². The second-order valence-corrected chi connectivity index (χ2v) is 5.72. The largest absolute Gasteiger partial charge is 0.478 e. The van der Waals surface area contributed by atoms with E-state index in [2.05, 4.69) is 26.9 Å². The van der Waals surface area contributed by atoms with Gasteiger partial charge in [-0.2, -0.15) is 5.10 Å². The lowest BCUT2D eigenvalue weighted by molar-refractivity contribution is 0.0695. The summed E-state index contributed by atoms with van der Waals surface area (Å²) in [5, 5.41) is 17.3. The molecule has 0 radical (unpaired) electrons. The molecule has 0 aliphatic carbocycles. The quantitative estimate of drug-likeness (QED) is 0.876. The van der Waals surface area contributed by atoms with E-state index in [-0.39, 0.29) is 11.6 Å². The Balaban J connectivity index is 1.88. The predicted molar refractivity (Wildman–Crippen MR) is 75.0 cm³/mol. The van der Waals surface area contributed by atoms with Crippen LogP contribution in [0.5, 0.6) is 0 Å². The topological polar surface area (TPSA) is 69.6 Å². The molecule has 3 rings (SSSR count). The molecule has 2 atom stereocenters. The lowest BCUT2D eigenvalue weighted by atomic mass is 9.97. The second kappa shape index (κ2) is 5.36. The first-order valence-electron chi connectivity index (χ1n) is 7.22. The summed E-state index contributed by atoms with van der Waals surface area (Å²) in [5.74, 6) is -0.425. The fraction of sp³-hybridized carbons (Fsp3) is 0.643. The van der Waals surface area contributed by atoms with Crippen molar-refractivity contribution in [2.75, 3.05) is 24.5 Å². The van der Waals surface area contributed by atoms with Gasteiger partial charge in [-0.25, -0.2) is 4.79 Å². The Morgan fingerprint density at radius 2 is 2.25 bits per heavy atom. The lowest BCUT2D eigenvalue weighted by Crippen LogP contribution is -2.59. The highest BCUT2D eigenvalue weighted by molar-refractivity contribution is 5.93. The molecule has 6 nitrogen and oxygen atoms in total. The van der Waals surface area contributed by atoms with E-state index in [0.717, 1.165) is 19.6 Å². The Morgan fingerprint density at radius 3 is 3.05 bits per heavy atom. The van der Waals surface area contributed by atoms with Crippen LogP contribution >= 0.6 is 0 Å². The number of piperazine rings is 1. The van der Waals surface area contributed by atoms with Crippen LogP contribution < -0.4 is 4.90 Å². The number of carbonyl (C=O) groups is 1. The molecule has 1 aromatic heterocycles. The summed E-state index contributed by atoms with van der Waals surface area (Å²) in [7, 11) is 0. The van der Waals surface area contributed by atoms with Gasteiger partial charge in [0.1, 0.15) is 5.56 Å². The van der Waals surface area contributed by atoms with Crippen molar-refractivity contribution in [3.05, 3.63) is 17.8 Å². The molecule has 6 heteroatoms. The molecule has 0 aromatic carbocycles. The average Bonchev–Trinajstić information content (AvgIpc) is 2.46. The third-order valence-electron chi connectivity index (χ3n) is 4.39. The minimum atomic E-state index is -0.937. The molecule has 108 valence electrons. The molecule has 0 spiro atoms. The first-order valence-corrected chi connectivity index (χ1v) is 7.22. The van der Waals surface area contributed by atoms with Crippen LogP contribution in [-0.2, 0) is 0 Å². The maximum absolute atomic E-state index is 11.3. The van der Waals surface area contributed by atoms with Crippen LogP contribution in [0, 0.1) is 0 Å². The van der Waals surface area contributed by atoms with E-state index < -0.39 is 5.97 Å². The summed E-state index contributed by atoms with van der Waals surface area (Å²) >= 11 is 0. The van der Waals surface area contributed by atoms with Crippen molar-refractivity contribution in [2.24, 2.45) is 0 Å². The van der Waals surface area contributed by atoms with E-state index >= 15 is 0 Å². The number of aromatic nitrogens is 2. The number of hydrogen-bond donors (Lipinski definition) is 1. The number of nitrogens with zero attached hydrogens (tertiary/aromatic N) is 4. The van der Waals surface area contributed by atoms with Crippen LogP contribution in [0.2, 0.25) is 0 Å². The Morgan fingerprint density at radius 1 is 1.40 bits per heavy atom. The van der Waals surface area contributed by atoms with Gasteiger partial charge in [0.2, 0.25) is 0 Å². The molecule has 1 aromatic rings. The summed E-state index contributed by atoms with van der Waals surface area (Å²) in [6, 6.07) is 2.31. The minimum Gasteiger partial charge on any atom is -0.478 e. The zero-order valence-corrected chi connectivity index (χ0v) is 11.7. The van der Waals surface area contributed by atoms with Crippen molar-refractivity contribution in [3.8, 4) is 0 Å². The highest BCUT2D eigenvalue weighted by Gasteiger charge is 2.35. The molecule has 0 saturated carbocycles. The molecule has 3 heterocycles. The molecule has 0 amide bonds. The molecule has 2 aliphatic rings. The number of carboxylic acids is 1. The Kier molecular flexibility index (Phi) is 3.56. The number of rotatable bonds is 2. The SMILES string of the molecule is CC1CN2CCCCC2CN1c1nnccc1C(=O)O. The fourth-order valence-corrected chi connectivity index (χ4v) is 3.35. The van der Waals surface area contributed by atoms with Gasteiger partial charge in [-0.15, -0.1) is 5.10 Å². The highest BCUT2D eigenvalue weighted by atomic mass is 16.4. The van der Waals surface area contributed by atoms with Crippen LogP contribution in [-0.4, -0.2) is 57.9 Å². The third-order valence-corrected chi connectivity index (χ3v) is 4.39. The van der Waals surface area contributed by atoms with Crippen molar-refractivity contribution in [2.45, 2.75) is 38.3 Å². The van der Waals surface area contributed by atoms with Crippen LogP contribution in [0.25, 0.3) is 0 Å². The number of fused-ring (bicyclic) bond motifs is 1. The number of hydrogen-bond acceptors (Lipinski definition) is 5. The second-order valence-electron chi connectivity index (χ2n) is 5.72. The van der Waals surface area contributed by atoms with Gasteiger partial charge in [-0.1, -0.05) is 6.42 Å². The summed E-state index contributed by atoms with van der Waals surface area (Å²) in [6.07, 6.45) is 5.16. The molecule has 2 unspecified atom stereocenters. The third kappa shape index (κ3) is 2.35. The monoisotopic (exact) mass is 276 g/mol. The zero-order valence-electron chi connectivity index (χ0n) is 11.7. The van der Waals surface area contributed by atoms with Gasteiger partial charge in [0.05, 0.1) is 6.20 Å². The molecule has 1 N–H and O–H groups in total. The smallest absolute Gasteiger partial charge is 0.339 e. The van der Waals surface area contributed by atoms with E-state index in [9.17, 15) is 9.90 Å². The van der Waals surface area contributed by atoms with Crippen molar-refractivity contribution in [3.63, 3.8) is 0 Å². The highest BCUT2D eigenvalue weighted by Crippen LogP contribution is 2.28. The van der Waals surface area contributed by atoms with Crippen LogP contribution in [0.4, 0.5) is 5.82 Å². The lowest BCUT2D eigenvalue weighted by Gasteiger charge is -2.48. The van der Waals surface area contributed by atoms with Gasteiger partial charge in [-0.05, 0) is 32.4 Å². The van der Waals surface area contributed by atoms with Gasteiger partial charge in [0.25, 0.3) is 0 Å². The van der Waals surface area contributed by atoms with Crippen molar-refractivity contribution in [1.29, 1.82) is 0 Å². The molecule has 2 saturated heterocycles. The minimum absolute atomic E-state index is 0.246. The summed E-state index contributed by atoms with van der Waals surface area (Å²) in [4.78, 5) is 16.0. The first kappa shape index (κ1) is 13.3. The molecule has 20 heavy (non-hydrogen) atoms. The van der Waals surface area contributed by atoms with E-state index in [1.54, 1.807) is 0 Å². The molecular formula is C14H20N4O2. The molecule has 2 aliphatic heterocycles. The molecule has 0 bridgehead atoms. The van der Waals surface area contributed by atoms with Gasteiger partial charge in [0, 0.05) is 25.2 Å². The van der Waals surface area contributed by atoms with Gasteiger partial charge in [0.15, 0.2) is 5.82 Å².